The van der Waals surface area contributed by atoms with Crippen molar-refractivity contribution in [1.29, 1.82) is 0 Å². The van der Waals surface area contributed by atoms with Gasteiger partial charge in [0.15, 0.2) is 0 Å². The molecule has 0 bridgehead atoms. The monoisotopic (exact) mass is 510 g/mol. The van der Waals surface area contributed by atoms with E-state index >= 15 is 0 Å². The fourth-order valence-corrected chi connectivity index (χ4v) is 4.67. The fourth-order valence-electron chi connectivity index (χ4n) is 2.89. The molecule has 0 unspecified atom stereocenters. The minimum absolute atomic E-state index is 0.138. The average Bonchev–Trinajstić information content (AvgIpc) is 2.67. The second kappa shape index (κ2) is 11.1. The first-order valence-corrected chi connectivity index (χ1v) is 12.7. The molecule has 1 amide bonds. The van der Waals surface area contributed by atoms with Gasteiger partial charge in [-0.25, -0.2) is 13.1 Å². The van der Waals surface area contributed by atoms with Crippen LogP contribution in [0.1, 0.15) is 63.7 Å². The van der Waals surface area contributed by atoms with Gasteiger partial charge in [-0.15, -0.1) is 0 Å². The van der Waals surface area contributed by atoms with Crippen LogP contribution in [-0.2, 0) is 10.0 Å². The highest BCUT2D eigenvalue weighted by molar-refractivity contribution is 9.10. The Kier molecular flexibility index (Phi) is 9.09. The van der Waals surface area contributed by atoms with Gasteiger partial charge in [-0.3, -0.25) is 4.79 Å². The molecular weight excluding hydrogens is 480 g/mol. The highest BCUT2D eigenvalue weighted by Crippen LogP contribution is 2.25. The predicted octanol–water partition coefficient (Wildman–Crippen LogP) is 5.74. The van der Waals surface area contributed by atoms with Crippen molar-refractivity contribution in [2.75, 3.05) is 11.9 Å². The lowest BCUT2D eigenvalue weighted by Gasteiger charge is -2.20. The number of halogens is 1. The van der Waals surface area contributed by atoms with Crippen LogP contribution in [0.4, 0.5) is 5.69 Å². The van der Waals surface area contributed by atoms with Crippen molar-refractivity contribution in [2.45, 2.75) is 63.8 Å². The van der Waals surface area contributed by atoms with Crippen LogP contribution >= 0.6 is 15.9 Å². The SMILES string of the molecule is CCCCCCOc1ccc(Br)cc1C(=O)Nc1ccc(S(=O)(=O)NC(C)(C)C)cc1. The number of amides is 1. The van der Waals surface area contributed by atoms with E-state index in [0.717, 1.165) is 30.2 Å². The molecule has 2 aromatic carbocycles. The van der Waals surface area contributed by atoms with Gasteiger partial charge < -0.3 is 10.1 Å². The van der Waals surface area contributed by atoms with Gasteiger partial charge in [-0.2, -0.15) is 0 Å². The third-order valence-corrected chi connectivity index (χ3v) is 6.57. The first-order chi connectivity index (χ1) is 14.5. The molecular formula is C23H31BrN2O4S. The smallest absolute Gasteiger partial charge is 0.259 e. The van der Waals surface area contributed by atoms with E-state index in [1.165, 1.54) is 12.1 Å². The number of nitrogens with one attached hydrogen (secondary N) is 2. The molecule has 170 valence electrons. The van der Waals surface area contributed by atoms with Gasteiger partial charge in [0.25, 0.3) is 5.91 Å². The highest BCUT2D eigenvalue weighted by atomic mass is 79.9. The van der Waals surface area contributed by atoms with Gasteiger partial charge in [-0.05, 0) is 69.7 Å². The number of rotatable bonds is 10. The Morgan fingerprint density at radius 1 is 1.03 bits per heavy atom. The summed E-state index contributed by atoms with van der Waals surface area (Å²) in [5, 5.41) is 2.81. The summed E-state index contributed by atoms with van der Waals surface area (Å²) >= 11 is 3.40. The number of anilines is 1. The third-order valence-electron chi connectivity index (χ3n) is 4.30. The van der Waals surface area contributed by atoms with E-state index in [4.69, 9.17) is 4.74 Å². The van der Waals surface area contributed by atoms with E-state index in [1.807, 2.05) is 6.07 Å². The molecule has 0 aliphatic carbocycles. The van der Waals surface area contributed by atoms with Crippen LogP contribution in [0.2, 0.25) is 0 Å². The summed E-state index contributed by atoms with van der Waals surface area (Å²) in [6, 6.07) is 11.4. The maximum Gasteiger partial charge on any atom is 0.259 e. The van der Waals surface area contributed by atoms with E-state index in [-0.39, 0.29) is 10.8 Å². The number of hydrogen-bond acceptors (Lipinski definition) is 4. The van der Waals surface area contributed by atoms with E-state index in [0.29, 0.717) is 23.6 Å². The van der Waals surface area contributed by atoms with Gasteiger partial charge in [0, 0.05) is 15.7 Å². The third kappa shape index (κ3) is 8.27. The summed E-state index contributed by atoms with van der Waals surface area (Å²) in [7, 11) is -3.63. The molecule has 0 aliphatic rings. The largest absolute Gasteiger partial charge is 0.493 e. The molecule has 2 aromatic rings. The standard InChI is InChI=1S/C23H31BrN2O4S/c1-5-6-7-8-15-30-21-14-9-17(24)16-20(21)22(27)25-18-10-12-19(13-11-18)31(28,29)26-23(2,3)4/h9-14,16,26H,5-8,15H2,1-4H3,(H,25,27). The van der Waals surface area contributed by atoms with Crippen LogP contribution in [0.15, 0.2) is 51.8 Å². The van der Waals surface area contributed by atoms with Crippen LogP contribution in [-0.4, -0.2) is 26.5 Å². The summed E-state index contributed by atoms with van der Waals surface area (Å²) in [6.07, 6.45) is 4.34. The van der Waals surface area contributed by atoms with E-state index in [2.05, 4.69) is 32.9 Å². The second-order valence-electron chi connectivity index (χ2n) is 8.38. The highest BCUT2D eigenvalue weighted by Gasteiger charge is 2.22. The first kappa shape index (κ1) is 25.4. The number of ether oxygens (including phenoxy) is 1. The van der Waals surface area contributed by atoms with Crippen LogP contribution in [0.25, 0.3) is 0 Å². The minimum atomic E-state index is -3.63. The Morgan fingerprint density at radius 2 is 1.71 bits per heavy atom. The summed E-state index contributed by atoms with van der Waals surface area (Å²) in [4.78, 5) is 13.0. The van der Waals surface area contributed by atoms with Crippen LogP contribution in [0.3, 0.4) is 0 Å². The quantitative estimate of drug-likeness (QED) is 0.399. The Balaban J connectivity index is 2.10. The zero-order valence-electron chi connectivity index (χ0n) is 18.5. The van der Waals surface area contributed by atoms with E-state index in [1.54, 1.807) is 45.0 Å². The summed E-state index contributed by atoms with van der Waals surface area (Å²) in [5.41, 5.74) is 0.323. The lowest BCUT2D eigenvalue weighted by Crippen LogP contribution is -2.40. The van der Waals surface area contributed by atoms with Gasteiger partial charge in [0.2, 0.25) is 10.0 Å². The van der Waals surface area contributed by atoms with E-state index in [9.17, 15) is 13.2 Å². The topological polar surface area (TPSA) is 84.5 Å². The zero-order chi connectivity index (χ0) is 23.1. The van der Waals surface area contributed by atoms with Gasteiger partial charge >= 0.3 is 0 Å². The first-order valence-electron chi connectivity index (χ1n) is 10.4. The lowest BCUT2D eigenvalue weighted by molar-refractivity contribution is 0.102. The summed E-state index contributed by atoms with van der Waals surface area (Å²) in [5.74, 6) is 0.194. The van der Waals surface area contributed by atoms with Gasteiger partial charge in [0.05, 0.1) is 17.1 Å². The van der Waals surface area contributed by atoms with Crippen LogP contribution in [0, 0.1) is 0 Å². The number of carbonyl (C=O) groups is 1. The summed E-state index contributed by atoms with van der Waals surface area (Å²) in [6.45, 7) is 8.04. The zero-order valence-corrected chi connectivity index (χ0v) is 20.9. The van der Waals surface area contributed by atoms with Crippen molar-refractivity contribution in [1.82, 2.24) is 4.72 Å². The molecule has 0 fully saturated rings. The van der Waals surface area contributed by atoms with E-state index < -0.39 is 15.6 Å². The van der Waals surface area contributed by atoms with Crippen molar-refractivity contribution < 1.29 is 17.9 Å². The normalized spacial score (nSPS) is 11.9. The van der Waals surface area contributed by atoms with Crippen molar-refractivity contribution in [2.24, 2.45) is 0 Å². The number of unbranched alkanes of at least 4 members (excludes halogenated alkanes) is 3. The van der Waals surface area contributed by atoms with Crippen molar-refractivity contribution in [3.05, 3.63) is 52.5 Å². The average molecular weight is 511 g/mol. The van der Waals surface area contributed by atoms with Crippen LogP contribution in [0.5, 0.6) is 5.75 Å². The summed E-state index contributed by atoms with van der Waals surface area (Å²) < 4.78 is 34.1. The molecule has 0 saturated carbocycles. The minimum Gasteiger partial charge on any atom is -0.493 e. The molecule has 8 heteroatoms. The van der Waals surface area contributed by atoms with Crippen molar-refractivity contribution in [3.8, 4) is 5.75 Å². The Bertz CT molecular complexity index is 984. The molecule has 0 spiro atoms. The Labute approximate surface area is 194 Å². The van der Waals surface area contributed by atoms with Crippen molar-refractivity contribution in [3.63, 3.8) is 0 Å². The maximum atomic E-state index is 12.8. The molecule has 2 rings (SSSR count). The molecule has 0 aliphatic heterocycles. The number of hydrogen-bond donors (Lipinski definition) is 2. The van der Waals surface area contributed by atoms with Gasteiger partial charge in [-0.1, -0.05) is 42.1 Å². The van der Waals surface area contributed by atoms with Crippen molar-refractivity contribution >= 4 is 37.5 Å². The molecule has 31 heavy (non-hydrogen) atoms. The second-order valence-corrected chi connectivity index (χ2v) is 11.0. The molecule has 0 radical (unpaired) electrons. The number of benzene rings is 2. The number of sulfonamides is 1. The Morgan fingerprint density at radius 3 is 2.32 bits per heavy atom. The molecule has 0 atom stereocenters. The number of carbonyl (C=O) groups excluding carboxylic acids is 1. The fraction of sp³-hybridized carbons (Fsp3) is 0.435. The van der Waals surface area contributed by atoms with Crippen LogP contribution < -0.4 is 14.8 Å². The molecule has 2 N–H and O–H groups in total. The molecule has 6 nitrogen and oxygen atoms in total. The maximum absolute atomic E-state index is 12.8. The molecule has 0 saturated heterocycles. The van der Waals surface area contributed by atoms with Gasteiger partial charge in [0.1, 0.15) is 5.75 Å². The predicted molar refractivity (Wildman–Crippen MR) is 128 cm³/mol. The lowest BCUT2D eigenvalue weighted by atomic mass is 10.1. The Hall–Kier alpha value is -1.90. The molecule has 0 heterocycles. The molecule has 0 aromatic heterocycles.